The van der Waals surface area contributed by atoms with E-state index in [0.29, 0.717) is 22.3 Å². The summed E-state index contributed by atoms with van der Waals surface area (Å²) >= 11 is 5.20. The van der Waals surface area contributed by atoms with Crippen molar-refractivity contribution < 1.29 is 9.15 Å². The minimum atomic E-state index is 0.377. The molecule has 21 heavy (non-hydrogen) atoms. The molecule has 6 heteroatoms. The highest BCUT2D eigenvalue weighted by Crippen LogP contribution is 2.22. The fraction of sp³-hybridized carbons (Fsp3) is 0.200. The van der Waals surface area contributed by atoms with Gasteiger partial charge in [-0.2, -0.15) is 5.10 Å². The first-order valence-electron chi connectivity index (χ1n) is 6.41. The molecule has 1 aromatic carbocycles. The molecule has 0 radical (unpaired) electrons. The lowest BCUT2D eigenvalue weighted by Gasteiger charge is -2.11. The minimum Gasteiger partial charge on any atom is -0.495 e. The number of nitrogens with one attached hydrogen (secondary N) is 2. The summed E-state index contributed by atoms with van der Waals surface area (Å²) in [7, 11) is 1.61. The van der Waals surface area contributed by atoms with Crippen LogP contribution in [-0.4, -0.2) is 17.9 Å². The molecule has 0 unspecified atom stereocenters. The van der Waals surface area contributed by atoms with Crippen LogP contribution in [0.15, 0.2) is 45.9 Å². The number of aryl methyl sites for hydroxylation is 1. The van der Waals surface area contributed by atoms with E-state index in [1.165, 1.54) is 0 Å². The Morgan fingerprint density at radius 3 is 2.67 bits per heavy atom. The molecule has 2 aromatic rings. The highest BCUT2D eigenvalue weighted by Gasteiger charge is 2.05. The van der Waals surface area contributed by atoms with Crippen LogP contribution in [0.3, 0.4) is 0 Å². The van der Waals surface area contributed by atoms with Crippen LogP contribution in [0.4, 0.5) is 5.69 Å². The van der Waals surface area contributed by atoms with E-state index in [1.807, 2.05) is 50.2 Å². The number of anilines is 1. The molecule has 0 spiro atoms. The topological polar surface area (TPSA) is 58.8 Å². The van der Waals surface area contributed by atoms with Crippen LogP contribution in [0.2, 0.25) is 0 Å². The monoisotopic (exact) mass is 303 g/mol. The SMILES string of the molecule is COc1ccccc1NC(=S)N/N=C(/C)c1ccc(C)o1. The van der Waals surface area contributed by atoms with Crippen LogP contribution >= 0.6 is 12.2 Å². The van der Waals surface area contributed by atoms with E-state index in [0.717, 1.165) is 11.4 Å². The number of benzene rings is 1. The van der Waals surface area contributed by atoms with Crippen molar-refractivity contribution in [3.05, 3.63) is 47.9 Å². The summed E-state index contributed by atoms with van der Waals surface area (Å²) < 4.78 is 10.7. The van der Waals surface area contributed by atoms with Crippen molar-refractivity contribution >= 4 is 28.7 Å². The van der Waals surface area contributed by atoms with Gasteiger partial charge < -0.3 is 14.5 Å². The number of hydrogen-bond donors (Lipinski definition) is 2. The Bertz CT molecular complexity index is 664. The van der Waals surface area contributed by atoms with Crippen molar-refractivity contribution in [2.24, 2.45) is 5.10 Å². The number of rotatable bonds is 4. The lowest BCUT2D eigenvalue weighted by molar-refractivity contribution is 0.417. The smallest absolute Gasteiger partial charge is 0.191 e. The lowest BCUT2D eigenvalue weighted by Crippen LogP contribution is -2.25. The summed E-state index contributed by atoms with van der Waals surface area (Å²) in [4.78, 5) is 0. The molecule has 110 valence electrons. The number of para-hydroxylation sites is 2. The molecule has 0 aliphatic carbocycles. The lowest BCUT2D eigenvalue weighted by atomic mass is 10.3. The van der Waals surface area contributed by atoms with Gasteiger partial charge in [0, 0.05) is 0 Å². The molecule has 0 aliphatic rings. The van der Waals surface area contributed by atoms with Crippen molar-refractivity contribution in [3.8, 4) is 5.75 Å². The van der Waals surface area contributed by atoms with Crippen LogP contribution in [0.1, 0.15) is 18.4 Å². The number of hydrazone groups is 1. The normalized spacial score (nSPS) is 11.1. The molecule has 0 atom stereocenters. The van der Waals surface area contributed by atoms with Crippen molar-refractivity contribution in [2.75, 3.05) is 12.4 Å². The summed E-state index contributed by atoms with van der Waals surface area (Å²) in [6.45, 7) is 3.73. The zero-order valence-corrected chi connectivity index (χ0v) is 13.0. The second-order valence-corrected chi connectivity index (χ2v) is 4.78. The van der Waals surface area contributed by atoms with Gasteiger partial charge in [-0.1, -0.05) is 12.1 Å². The molecule has 0 fully saturated rings. The van der Waals surface area contributed by atoms with Crippen LogP contribution in [0.25, 0.3) is 0 Å². The minimum absolute atomic E-state index is 0.377. The zero-order chi connectivity index (χ0) is 15.2. The average Bonchev–Trinajstić information content (AvgIpc) is 2.92. The fourth-order valence-corrected chi connectivity index (χ4v) is 1.87. The van der Waals surface area contributed by atoms with Crippen molar-refractivity contribution in [2.45, 2.75) is 13.8 Å². The zero-order valence-electron chi connectivity index (χ0n) is 12.1. The number of furan rings is 1. The Kier molecular flexibility index (Phi) is 4.94. The molecule has 0 bridgehead atoms. The van der Waals surface area contributed by atoms with Gasteiger partial charge in [-0.25, -0.2) is 0 Å². The molecule has 0 saturated heterocycles. The summed E-state index contributed by atoms with van der Waals surface area (Å²) in [6, 6.07) is 11.3. The van der Waals surface area contributed by atoms with Gasteiger partial charge in [0.2, 0.25) is 0 Å². The van der Waals surface area contributed by atoms with Crippen LogP contribution in [0.5, 0.6) is 5.75 Å². The van der Waals surface area contributed by atoms with Gasteiger partial charge in [0.15, 0.2) is 5.11 Å². The highest BCUT2D eigenvalue weighted by atomic mass is 32.1. The molecule has 0 saturated carbocycles. The van der Waals surface area contributed by atoms with Gasteiger partial charge in [-0.05, 0) is 50.3 Å². The van der Waals surface area contributed by atoms with Gasteiger partial charge in [0.05, 0.1) is 12.8 Å². The van der Waals surface area contributed by atoms with Gasteiger partial charge >= 0.3 is 0 Å². The van der Waals surface area contributed by atoms with Gasteiger partial charge in [-0.3, -0.25) is 5.43 Å². The molecular weight excluding hydrogens is 286 g/mol. The average molecular weight is 303 g/mol. The molecular formula is C15H17N3O2S. The number of ether oxygens (including phenoxy) is 1. The van der Waals surface area contributed by atoms with Gasteiger partial charge in [0.1, 0.15) is 23.0 Å². The largest absolute Gasteiger partial charge is 0.495 e. The molecule has 1 aromatic heterocycles. The molecule has 0 aliphatic heterocycles. The van der Waals surface area contributed by atoms with Crippen molar-refractivity contribution in [3.63, 3.8) is 0 Å². The summed E-state index contributed by atoms with van der Waals surface area (Å²) in [5, 5.41) is 7.60. The fourth-order valence-electron chi connectivity index (χ4n) is 1.72. The van der Waals surface area contributed by atoms with Gasteiger partial charge in [-0.15, -0.1) is 0 Å². The highest BCUT2D eigenvalue weighted by molar-refractivity contribution is 7.80. The Morgan fingerprint density at radius 1 is 1.24 bits per heavy atom. The van der Waals surface area contributed by atoms with E-state index in [-0.39, 0.29) is 0 Å². The van der Waals surface area contributed by atoms with E-state index in [9.17, 15) is 0 Å². The van der Waals surface area contributed by atoms with Crippen molar-refractivity contribution in [1.29, 1.82) is 0 Å². The predicted octanol–water partition coefficient (Wildman–Crippen LogP) is 3.31. The second-order valence-electron chi connectivity index (χ2n) is 4.37. The van der Waals surface area contributed by atoms with Crippen LogP contribution in [0, 0.1) is 6.92 Å². The second kappa shape index (κ2) is 6.90. The Hall–Kier alpha value is -2.34. The Labute approximate surface area is 129 Å². The maximum atomic E-state index is 5.48. The van der Waals surface area contributed by atoms with Crippen LogP contribution < -0.4 is 15.5 Å². The number of nitrogens with zero attached hydrogens (tertiary/aromatic N) is 1. The summed E-state index contributed by atoms with van der Waals surface area (Å²) in [6.07, 6.45) is 0. The Balaban J connectivity index is 1.99. The number of methoxy groups -OCH3 is 1. The van der Waals surface area contributed by atoms with E-state index < -0.39 is 0 Å². The standard InChI is InChI=1S/C15H17N3O2S/c1-10-8-9-13(20-10)11(2)17-18-15(21)16-12-6-4-5-7-14(12)19-3/h4-9H,1-3H3,(H2,16,18,21)/b17-11-. The maximum absolute atomic E-state index is 5.48. The molecule has 1 heterocycles. The summed E-state index contributed by atoms with van der Waals surface area (Å²) in [5.41, 5.74) is 4.27. The van der Waals surface area contributed by atoms with E-state index in [2.05, 4.69) is 15.8 Å². The van der Waals surface area contributed by atoms with Gasteiger partial charge in [0.25, 0.3) is 0 Å². The third kappa shape index (κ3) is 4.06. The molecule has 2 rings (SSSR count). The molecule has 5 nitrogen and oxygen atoms in total. The van der Waals surface area contributed by atoms with E-state index in [4.69, 9.17) is 21.4 Å². The number of thiocarbonyl (C=S) groups is 1. The van der Waals surface area contributed by atoms with E-state index >= 15 is 0 Å². The summed E-state index contributed by atoms with van der Waals surface area (Å²) in [5.74, 6) is 2.26. The number of hydrogen-bond acceptors (Lipinski definition) is 4. The predicted molar refractivity (Wildman–Crippen MR) is 88.0 cm³/mol. The molecule has 2 N–H and O–H groups in total. The third-order valence-corrected chi connectivity index (χ3v) is 2.97. The van der Waals surface area contributed by atoms with Crippen molar-refractivity contribution in [1.82, 2.24) is 5.43 Å². The first-order chi connectivity index (χ1) is 10.1. The molecule has 0 amide bonds. The van der Waals surface area contributed by atoms with Crippen LogP contribution in [-0.2, 0) is 0 Å². The third-order valence-electron chi connectivity index (χ3n) is 2.78. The first kappa shape index (κ1) is 15.1. The maximum Gasteiger partial charge on any atom is 0.191 e. The first-order valence-corrected chi connectivity index (χ1v) is 6.82. The Morgan fingerprint density at radius 2 is 2.00 bits per heavy atom. The quantitative estimate of drug-likeness (QED) is 0.515. The van der Waals surface area contributed by atoms with E-state index in [1.54, 1.807) is 7.11 Å².